The van der Waals surface area contributed by atoms with E-state index in [4.69, 9.17) is 5.73 Å². The number of urea groups is 1. The number of Topliss-reactive ketones (excluding diaryl/α,β-unsaturated/α-hetero) is 2. The number of aryl methyl sites for hydroxylation is 1. The van der Waals surface area contributed by atoms with Crippen LogP contribution in [0.4, 0.5) is 4.79 Å². The molecule has 2 heterocycles. The van der Waals surface area contributed by atoms with E-state index in [0.29, 0.717) is 30.0 Å². The topological polar surface area (TPSA) is 181 Å². The quantitative estimate of drug-likeness (QED) is 0.200. The lowest BCUT2D eigenvalue weighted by molar-refractivity contribution is -0.143. The minimum absolute atomic E-state index is 0.0522. The Hall–Kier alpha value is -3.35. The van der Waals surface area contributed by atoms with E-state index in [2.05, 4.69) is 20.9 Å². The Bertz CT molecular complexity index is 1150. The van der Waals surface area contributed by atoms with Gasteiger partial charge in [-0.25, -0.2) is 9.78 Å². The molecule has 0 saturated carbocycles. The first-order valence-electron chi connectivity index (χ1n) is 14.1. The summed E-state index contributed by atoms with van der Waals surface area (Å²) in [5, 5.41) is 10.1. The number of nitrogens with two attached hydrogens (primary N) is 1. The van der Waals surface area contributed by atoms with Crippen molar-refractivity contribution < 1.29 is 28.8 Å². The van der Waals surface area contributed by atoms with Gasteiger partial charge >= 0.3 is 6.03 Å². The molecule has 1 aliphatic heterocycles. The number of rotatable bonds is 13. The molecule has 0 spiro atoms. The highest BCUT2D eigenvalue weighted by Crippen LogP contribution is 2.26. The van der Waals surface area contributed by atoms with E-state index in [1.54, 1.807) is 40.0 Å². The Morgan fingerprint density at radius 3 is 2.24 bits per heavy atom. The zero-order chi connectivity index (χ0) is 31.1. The van der Waals surface area contributed by atoms with Gasteiger partial charge < -0.3 is 26.6 Å². The van der Waals surface area contributed by atoms with E-state index in [1.807, 2.05) is 13.8 Å². The van der Waals surface area contributed by atoms with Crippen molar-refractivity contribution in [2.75, 3.05) is 6.54 Å². The number of carbonyl (C=O) groups excluding carboxylic acids is 6. The predicted octanol–water partition coefficient (Wildman–Crippen LogP) is 2.09. The van der Waals surface area contributed by atoms with Crippen LogP contribution in [0.5, 0.6) is 0 Å². The maximum atomic E-state index is 13.8. The Morgan fingerprint density at radius 2 is 1.73 bits per heavy atom. The van der Waals surface area contributed by atoms with Crippen molar-refractivity contribution in [1.29, 1.82) is 0 Å². The number of ketones is 2. The number of carbonyl (C=O) groups is 6. The lowest BCUT2D eigenvalue weighted by atomic mass is 9.85. The van der Waals surface area contributed by atoms with Gasteiger partial charge in [-0.2, -0.15) is 0 Å². The molecular formula is C28H44N6O6S. The van der Waals surface area contributed by atoms with E-state index < -0.39 is 59.1 Å². The molecule has 5 N–H and O–H groups in total. The maximum Gasteiger partial charge on any atom is 0.316 e. The largest absolute Gasteiger partial charge is 0.363 e. The van der Waals surface area contributed by atoms with Gasteiger partial charge in [0.1, 0.15) is 12.1 Å². The third kappa shape index (κ3) is 9.07. The third-order valence-corrected chi connectivity index (χ3v) is 8.27. The fourth-order valence-electron chi connectivity index (χ4n) is 4.66. The molecule has 5 atom stereocenters. The highest BCUT2D eigenvalue weighted by molar-refractivity contribution is 7.11. The standard InChI is InChI=1S/C28H44N6O6S/c1-8-15(3)13-18(20(35)23(29)37)31-24(38)19-11-10-12-34(19)26(39)22(28(5,6)7)33-27(40)32-17(9-2)21(36)25-30-16(4)14-41-25/h14-15,17-19,22H,8-13H2,1-7H3,(H2,29,37)(H,31,38)(H2,32,33,40)/t15?,17?,18?,19-,22?/m0/s1. The zero-order valence-corrected chi connectivity index (χ0v) is 25.9. The lowest BCUT2D eigenvalue weighted by Crippen LogP contribution is -2.60. The van der Waals surface area contributed by atoms with Gasteiger partial charge in [0.2, 0.25) is 23.4 Å². The molecule has 1 aliphatic rings. The average molecular weight is 593 g/mol. The van der Waals surface area contributed by atoms with Gasteiger partial charge in [-0.15, -0.1) is 11.3 Å². The SMILES string of the molecule is CCC(C)CC(NC(=O)[C@@H]1CCCN1C(=O)C(NC(=O)NC(CC)C(=O)c1nc(C)cs1)C(C)(C)C)C(=O)C(N)=O. The molecule has 13 heteroatoms. The fraction of sp³-hybridized carbons (Fsp3) is 0.679. The number of aromatic nitrogens is 1. The number of likely N-dealkylation sites (tertiary alicyclic amines) is 1. The first-order chi connectivity index (χ1) is 19.1. The summed E-state index contributed by atoms with van der Waals surface area (Å²) < 4.78 is 0. The van der Waals surface area contributed by atoms with Crippen molar-refractivity contribution in [3.05, 3.63) is 16.1 Å². The van der Waals surface area contributed by atoms with Crippen LogP contribution in [0.15, 0.2) is 5.38 Å². The van der Waals surface area contributed by atoms with Gasteiger partial charge in [-0.05, 0) is 43.9 Å². The zero-order valence-electron chi connectivity index (χ0n) is 25.0. The second-order valence-corrected chi connectivity index (χ2v) is 12.6. The van der Waals surface area contributed by atoms with E-state index in [9.17, 15) is 28.8 Å². The number of nitrogens with one attached hydrogen (secondary N) is 3. The third-order valence-electron chi connectivity index (χ3n) is 7.30. The highest BCUT2D eigenvalue weighted by atomic mass is 32.1. The Balaban J connectivity index is 2.18. The van der Waals surface area contributed by atoms with Crippen molar-refractivity contribution in [3.63, 3.8) is 0 Å². The number of thiazole rings is 1. The average Bonchev–Trinajstić information content (AvgIpc) is 3.57. The van der Waals surface area contributed by atoms with Crippen LogP contribution in [0, 0.1) is 18.3 Å². The molecule has 1 aromatic rings. The molecule has 1 saturated heterocycles. The van der Waals surface area contributed by atoms with Crippen LogP contribution < -0.4 is 21.7 Å². The van der Waals surface area contributed by atoms with Crippen molar-refractivity contribution in [3.8, 4) is 0 Å². The Labute approximate surface area is 245 Å². The van der Waals surface area contributed by atoms with Crippen LogP contribution >= 0.6 is 11.3 Å². The minimum atomic E-state index is -1.13. The number of nitrogens with zero attached hydrogens (tertiary/aromatic N) is 2. The van der Waals surface area contributed by atoms with E-state index in [1.165, 1.54) is 16.2 Å². The second-order valence-electron chi connectivity index (χ2n) is 11.8. The van der Waals surface area contributed by atoms with Crippen molar-refractivity contribution >= 4 is 46.7 Å². The summed E-state index contributed by atoms with van der Waals surface area (Å²) in [5.74, 6) is -3.28. The van der Waals surface area contributed by atoms with Crippen LogP contribution in [-0.2, 0) is 19.2 Å². The summed E-state index contributed by atoms with van der Waals surface area (Å²) in [6, 6.07) is -4.50. The molecule has 1 aromatic heterocycles. The lowest BCUT2D eigenvalue weighted by Gasteiger charge is -2.36. The predicted molar refractivity (Wildman–Crippen MR) is 155 cm³/mol. The van der Waals surface area contributed by atoms with Crippen LogP contribution in [0.1, 0.15) is 89.1 Å². The van der Waals surface area contributed by atoms with Crippen LogP contribution in [0.3, 0.4) is 0 Å². The molecule has 41 heavy (non-hydrogen) atoms. The molecular weight excluding hydrogens is 548 g/mol. The van der Waals surface area contributed by atoms with E-state index in [-0.39, 0.29) is 24.7 Å². The molecule has 228 valence electrons. The smallest absolute Gasteiger partial charge is 0.316 e. The molecule has 2 rings (SSSR count). The van der Waals surface area contributed by atoms with Gasteiger partial charge in [-0.3, -0.25) is 24.0 Å². The summed E-state index contributed by atoms with van der Waals surface area (Å²) >= 11 is 1.21. The van der Waals surface area contributed by atoms with Crippen molar-refractivity contribution in [2.45, 2.75) is 105 Å². The number of hydrogen-bond acceptors (Lipinski definition) is 8. The molecule has 5 amide bonds. The summed E-state index contributed by atoms with van der Waals surface area (Å²) in [4.78, 5) is 82.6. The normalized spacial score (nSPS) is 18.1. The molecule has 1 fully saturated rings. The van der Waals surface area contributed by atoms with Gasteiger partial charge in [0, 0.05) is 17.6 Å². The molecule has 4 unspecified atom stereocenters. The van der Waals surface area contributed by atoms with Gasteiger partial charge in [0.25, 0.3) is 5.91 Å². The molecule has 0 aromatic carbocycles. The number of hydrogen-bond donors (Lipinski definition) is 4. The van der Waals surface area contributed by atoms with Crippen molar-refractivity contribution in [2.24, 2.45) is 17.1 Å². The molecule has 12 nitrogen and oxygen atoms in total. The first-order valence-corrected chi connectivity index (χ1v) is 15.0. The number of amides is 5. The van der Waals surface area contributed by atoms with Gasteiger partial charge in [-0.1, -0.05) is 48.0 Å². The molecule has 0 radical (unpaired) electrons. The second kappa shape index (κ2) is 14.5. The summed E-state index contributed by atoms with van der Waals surface area (Å²) in [6.07, 6.45) is 2.22. The minimum Gasteiger partial charge on any atom is -0.363 e. The Kier molecular flexibility index (Phi) is 12.0. The van der Waals surface area contributed by atoms with Crippen LogP contribution in [0.25, 0.3) is 0 Å². The highest BCUT2D eigenvalue weighted by Gasteiger charge is 2.43. The summed E-state index contributed by atoms with van der Waals surface area (Å²) in [6.45, 7) is 13.0. The maximum absolute atomic E-state index is 13.8. The van der Waals surface area contributed by atoms with E-state index in [0.717, 1.165) is 6.42 Å². The molecule has 0 bridgehead atoms. The van der Waals surface area contributed by atoms with Crippen molar-refractivity contribution in [1.82, 2.24) is 25.8 Å². The molecule has 0 aliphatic carbocycles. The number of primary amides is 1. The van der Waals surface area contributed by atoms with Gasteiger partial charge in [0.05, 0.1) is 12.1 Å². The van der Waals surface area contributed by atoms with Gasteiger partial charge in [0.15, 0.2) is 5.01 Å². The van der Waals surface area contributed by atoms with E-state index >= 15 is 0 Å². The fourth-order valence-corrected chi connectivity index (χ4v) is 5.45. The Morgan fingerprint density at radius 1 is 1.07 bits per heavy atom. The summed E-state index contributed by atoms with van der Waals surface area (Å²) in [7, 11) is 0. The summed E-state index contributed by atoms with van der Waals surface area (Å²) in [5.41, 5.74) is 5.19. The first kappa shape index (κ1) is 33.9. The van der Waals surface area contributed by atoms with Crippen LogP contribution in [-0.4, -0.2) is 75.9 Å². The monoisotopic (exact) mass is 592 g/mol. The van der Waals surface area contributed by atoms with Crippen LogP contribution in [0.2, 0.25) is 0 Å².